The van der Waals surface area contributed by atoms with E-state index in [1.807, 2.05) is 11.0 Å². The van der Waals surface area contributed by atoms with Gasteiger partial charge in [0.1, 0.15) is 5.82 Å². The van der Waals surface area contributed by atoms with Crippen molar-refractivity contribution in [3.8, 4) is 0 Å². The smallest absolute Gasteiger partial charge is 0.253 e. The van der Waals surface area contributed by atoms with Crippen LogP contribution in [0.2, 0.25) is 0 Å². The van der Waals surface area contributed by atoms with Crippen LogP contribution in [-0.2, 0) is 13.0 Å². The van der Waals surface area contributed by atoms with Crippen LogP contribution in [-0.4, -0.2) is 58.0 Å². The summed E-state index contributed by atoms with van der Waals surface area (Å²) >= 11 is 0. The molecule has 6 nitrogen and oxygen atoms in total. The van der Waals surface area contributed by atoms with Gasteiger partial charge >= 0.3 is 0 Å². The molecule has 1 fully saturated rings. The molecule has 1 saturated heterocycles. The van der Waals surface area contributed by atoms with Crippen molar-refractivity contribution in [2.75, 3.05) is 26.7 Å². The molecule has 0 saturated carbocycles. The predicted octanol–water partition coefficient (Wildman–Crippen LogP) is 4.91. The monoisotopic (exact) mass is 489 g/mol. The molecule has 36 heavy (non-hydrogen) atoms. The third-order valence-corrected chi connectivity index (χ3v) is 7.40. The molecule has 5 rings (SSSR count). The highest BCUT2D eigenvalue weighted by molar-refractivity contribution is 5.99. The van der Waals surface area contributed by atoms with Gasteiger partial charge in [-0.15, -0.1) is 0 Å². The summed E-state index contributed by atoms with van der Waals surface area (Å²) in [5.41, 5.74) is 12.0. The molecular formula is C29H36FN5O. The van der Waals surface area contributed by atoms with Crippen LogP contribution in [0.5, 0.6) is 0 Å². The Morgan fingerprint density at radius 2 is 2.03 bits per heavy atom. The van der Waals surface area contributed by atoms with E-state index in [1.54, 1.807) is 12.1 Å². The Morgan fingerprint density at radius 1 is 1.22 bits per heavy atom. The number of aromatic nitrogens is 2. The van der Waals surface area contributed by atoms with Crippen LogP contribution in [0, 0.1) is 5.82 Å². The second kappa shape index (κ2) is 10.4. The fourth-order valence-electron chi connectivity index (χ4n) is 5.47. The average Bonchev–Trinajstić information content (AvgIpc) is 3.26. The number of nitrogens with two attached hydrogens (primary N) is 1. The highest BCUT2D eigenvalue weighted by Gasteiger charge is 2.27. The van der Waals surface area contributed by atoms with Crippen molar-refractivity contribution < 1.29 is 9.18 Å². The maximum absolute atomic E-state index is 13.6. The van der Waals surface area contributed by atoms with Crippen LogP contribution in [0.15, 0.2) is 36.4 Å². The Hall–Kier alpha value is -3.19. The zero-order valence-corrected chi connectivity index (χ0v) is 21.3. The molecule has 1 unspecified atom stereocenters. The molecule has 0 bridgehead atoms. The van der Waals surface area contributed by atoms with Crippen molar-refractivity contribution in [3.05, 3.63) is 64.7 Å². The first kappa shape index (κ1) is 24.5. The molecule has 0 aliphatic carbocycles. The van der Waals surface area contributed by atoms with Crippen LogP contribution in [0.4, 0.5) is 4.39 Å². The first-order valence-electron chi connectivity index (χ1n) is 13.2. The van der Waals surface area contributed by atoms with Crippen LogP contribution >= 0.6 is 0 Å². The molecule has 190 valence electrons. The number of aryl methyl sites for hydroxylation is 2. The molecule has 2 aliphatic heterocycles. The number of carbonyl (C=O) groups excluding carboxylic acids is 1. The number of hydrogen-bond donors (Lipinski definition) is 1. The van der Waals surface area contributed by atoms with Gasteiger partial charge in [0.15, 0.2) is 5.82 Å². The average molecular weight is 490 g/mol. The number of halogens is 1. The number of nitrogens with zero attached hydrogens (tertiary/aromatic N) is 4. The number of unbranched alkanes of at least 4 members (excludes halogenated alkanes) is 1. The summed E-state index contributed by atoms with van der Waals surface area (Å²) in [6.45, 7) is 5.34. The van der Waals surface area contributed by atoms with E-state index in [9.17, 15) is 9.18 Å². The standard InChI is InChI=1S/C29H36FN5O/c1-3-4-13-33(2)26(16-20-9-11-23(30)12-10-20)28-32-25-18-22(17-21-7-5-15-35(28)27(21)25)29(36)34-14-6-8-24(31)19-34/h9-12,16-18,24H,3-8,13-15,19,31H2,1-2H3/b26-16-. The van der Waals surface area contributed by atoms with Crippen LogP contribution in [0.25, 0.3) is 22.8 Å². The van der Waals surface area contributed by atoms with Crippen molar-refractivity contribution in [1.82, 2.24) is 19.4 Å². The Balaban J connectivity index is 1.59. The lowest BCUT2D eigenvalue weighted by atomic mass is 9.99. The lowest BCUT2D eigenvalue weighted by Gasteiger charge is -2.31. The Labute approximate surface area is 212 Å². The minimum atomic E-state index is -0.244. The van der Waals surface area contributed by atoms with E-state index < -0.39 is 0 Å². The van der Waals surface area contributed by atoms with Gasteiger partial charge in [-0.3, -0.25) is 4.79 Å². The van der Waals surface area contributed by atoms with Crippen molar-refractivity contribution >= 4 is 28.7 Å². The van der Waals surface area contributed by atoms with E-state index in [2.05, 4.69) is 35.6 Å². The molecule has 1 atom stereocenters. The molecule has 2 N–H and O–H groups in total. The Morgan fingerprint density at radius 3 is 2.78 bits per heavy atom. The summed E-state index contributed by atoms with van der Waals surface area (Å²) in [5, 5.41) is 0. The van der Waals surface area contributed by atoms with Crippen molar-refractivity contribution in [2.45, 2.75) is 58.0 Å². The van der Waals surface area contributed by atoms with E-state index >= 15 is 0 Å². The van der Waals surface area contributed by atoms with E-state index in [0.717, 1.165) is 86.3 Å². The topological polar surface area (TPSA) is 67.4 Å². The number of carbonyl (C=O) groups is 1. The minimum absolute atomic E-state index is 0.0483. The first-order valence-corrected chi connectivity index (χ1v) is 13.2. The van der Waals surface area contributed by atoms with E-state index in [0.29, 0.717) is 12.1 Å². The van der Waals surface area contributed by atoms with Crippen LogP contribution in [0.1, 0.15) is 66.3 Å². The number of hydrogen-bond acceptors (Lipinski definition) is 4. The molecule has 0 radical (unpaired) electrons. The summed E-state index contributed by atoms with van der Waals surface area (Å²) in [7, 11) is 2.09. The van der Waals surface area contributed by atoms with Gasteiger partial charge in [-0.1, -0.05) is 25.5 Å². The lowest BCUT2D eigenvalue weighted by molar-refractivity contribution is 0.0709. The molecule has 3 aromatic rings. The van der Waals surface area contributed by atoms with E-state index in [4.69, 9.17) is 10.7 Å². The third kappa shape index (κ3) is 4.89. The highest BCUT2D eigenvalue weighted by Crippen LogP contribution is 2.33. The fraction of sp³-hybridized carbons (Fsp3) is 0.448. The summed E-state index contributed by atoms with van der Waals surface area (Å²) in [6, 6.07) is 10.6. The van der Waals surface area contributed by atoms with Gasteiger partial charge < -0.3 is 20.1 Å². The Bertz CT molecular complexity index is 1280. The van der Waals surface area contributed by atoms with E-state index in [1.165, 1.54) is 17.7 Å². The van der Waals surface area contributed by atoms with Gasteiger partial charge in [0, 0.05) is 44.8 Å². The lowest BCUT2D eigenvalue weighted by Crippen LogP contribution is -2.45. The zero-order chi connectivity index (χ0) is 25.2. The van der Waals surface area contributed by atoms with Gasteiger partial charge in [0.05, 0.1) is 16.7 Å². The largest absolute Gasteiger partial charge is 0.372 e. The molecule has 7 heteroatoms. The summed E-state index contributed by atoms with van der Waals surface area (Å²) in [6.07, 6.45) is 8.11. The molecule has 3 heterocycles. The van der Waals surface area contributed by atoms with Crippen LogP contribution in [0.3, 0.4) is 0 Å². The zero-order valence-electron chi connectivity index (χ0n) is 21.3. The van der Waals surface area contributed by atoms with Crippen LogP contribution < -0.4 is 5.73 Å². The molecule has 0 spiro atoms. The number of rotatable bonds is 7. The van der Waals surface area contributed by atoms with Crippen molar-refractivity contribution in [2.24, 2.45) is 5.73 Å². The first-order chi connectivity index (χ1) is 17.4. The maximum atomic E-state index is 13.6. The van der Waals surface area contributed by atoms with Gasteiger partial charge in [-0.25, -0.2) is 9.37 Å². The van der Waals surface area contributed by atoms with Crippen molar-refractivity contribution in [1.29, 1.82) is 0 Å². The predicted molar refractivity (Wildman–Crippen MR) is 143 cm³/mol. The maximum Gasteiger partial charge on any atom is 0.253 e. The number of benzene rings is 2. The fourth-order valence-corrected chi connectivity index (χ4v) is 5.47. The van der Waals surface area contributed by atoms with Gasteiger partial charge in [-0.2, -0.15) is 0 Å². The van der Waals surface area contributed by atoms with Gasteiger partial charge in [-0.05, 0) is 73.6 Å². The van der Waals surface area contributed by atoms with Gasteiger partial charge in [0.25, 0.3) is 5.91 Å². The second-order valence-corrected chi connectivity index (χ2v) is 10.2. The van der Waals surface area contributed by atoms with Crippen molar-refractivity contribution in [3.63, 3.8) is 0 Å². The molecule has 1 amide bonds. The third-order valence-electron chi connectivity index (χ3n) is 7.40. The molecule has 2 aromatic carbocycles. The van der Waals surface area contributed by atoms with Gasteiger partial charge in [0.2, 0.25) is 0 Å². The minimum Gasteiger partial charge on any atom is -0.372 e. The normalized spacial score (nSPS) is 18.1. The second-order valence-electron chi connectivity index (χ2n) is 10.2. The highest BCUT2D eigenvalue weighted by atomic mass is 19.1. The number of likely N-dealkylation sites (tertiary alicyclic amines) is 1. The number of amides is 1. The number of imidazole rings is 1. The number of piperidine rings is 1. The molecule has 2 aliphatic rings. The SMILES string of the molecule is CCCCN(C)/C(=C\c1ccc(F)cc1)c1nc2cc(C(=O)N3CCCC(N)C3)cc3c2n1CCC3. The molecule has 1 aromatic heterocycles. The summed E-state index contributed by atoms with van der Waals surface area (Å²) in [4.78, 5) is 22.6. The summed E-state index contributed by atoms with van der Waals surface area (Å²) < 4.78 is 15.9. The molecular weight excluding hydrogens is 453 g/mol. The van der Waals surface area contributed by atoms with E-state index in [-0.39, 0.29) is 17.8 Å². The summed E-state index contributed by atoms with van der Waals surface area (Å²) in [5.74, 6) is 0.705. The Kier molecular flexibility index (Phi) is 7.10. The quantitative estimate of drug-likeness (QED) is 0.512.